The van der Waals surface area contributed by atoms with Crippen molar-refractivity contribution in [2.45, 2.75) is 64.6 Å². The Hall–Kier alpha value is -0.0800. The Morgan fingerprint density at radius 2 is 2.00 bits per heavy atom. The number of ether oxygens (including phenoxy) is 1. The second-order valence-electron chi connectivity index (χ2n) is 4.54. The molecule has 1 fully saturated rings. The third-order valence-corrected chi connectivity index (χ3v) is 3.19. The number of hydrogen-bond donors (Lipinski definition) is 1. The van der Waals surface area contributed by atoms with Gasteiger partial charge in [-0.25, -0.2) is 0 Å². The molecule has 0 bridgehead atoms. The van der Waals surface area contributed by atoms with Crippen molar-refractivity contribution in [1.29, 1.82) is 0 Å². The average Bonchev–Trinajstić information content (AvgIpc) is 2.67. The predicted octanol–water partition coefficient (Wildman–Crippen LogP) is 2.74. The summed E-state index contributed by atoms with van der Waals surface area (Å²) < 4.78 is 5.61. The van der Waals surface area contributed by atoms with Crippen LogP contribution in [0.5, 0.6) is 0 Å². The molecule has 0 aromatic carbocycles. The van der Waals surface area contributed by atoms with E-state index in [4.69, 9.17) is 4.74 Å². The molecule has 1 N–H and O–H groups in total. The van der Waals surface area contributed by atoms with Gasteiger partial charge in [0.1, 0.15) is 0 Å². The van der Waals surface area contributed by atoms with Gasteiger partial charge in [-0.2, -0.15) is 0 Å². The third-order valence-electron chi connectivity index (χ3n) is 3.19. The third kappa shape index (κ3) is 3.97. The zero-order valence-corrected chi connectivity index (χ0v) is 9.54. The van der Waals surface area contributed by atoms with Gasteiger partial charge >= 0.3 is 0 Å². The van der Waals surface area contributed by atoms with Crippen LogP contribution >= 0.6 is 0 Å². The highest BCUT2D eigenvalue weighted by atomic mass is 16.5. The van der Waals surface area contributed by atoms with E-state index >= 15 is 0 Å². The summed E-state index contributed by atoms with van der Waals surface area (Å²) in [5.41, 5.74) is 0. The van der Waals surface area contributed by atoms with Crippen LogP contribution in [0.25, 0.3) is 0 Å². The van der Waals surface area contributed by atoms with E-state index < -0.39 is 0 Å². The Labute approximate surface area is 87.7 Å². The number of aliphatic hydroxyl groups excluding tert-OH is 1. The molecule has 2 nitrogen and oxygen atoms in total. The van der Waals surface area contributed by atoms with Crippen molar-refractivity contribution in [3.05, 3.63) is 0 Å². The highest BCUT2D eigenvalue weighted by Gasteiger charge is 2.23. The minimum atomic E-state index is -0.225. The molecule has 2 heteroatoms. The van der Waals surface area contributed by atoms with Crippen LogP contribution in [-0.2, 0) is 4.74 Å². The minimum absolute atomic E-state index is 0.225. The molecule has 1 aliphatic carbocycles. The zero-order chi connectivity index (χ0) is 10.4. The van der Waals surface area contributed by atoms with Gasteiger partial charge in [0.25, 0.3) is 0 Å². The zero-order valence-electron chi connectivity index (χ0n) is 9.54. The molecule has 1 rings (SSSR count). The lowest BCUT2D eigenvalue weighted by Crippen LogP contribution is -2.26. The molecule has 0 heterocycles. The molecular formula is C12H24O2. The summed E-state index contributed by atoms with van der Waals surface area (Å²) in [5.74, 6) is 0.504. The molecule has 2 unspecified atom stereocenters. The monoisotopic (exact) mass is 200 g/mol. The fourth-order valence-corrected chi connectivity index (χ4v) is 2.23. The van der Waals surface area contributed by atoms with Gasteiger partial charge in [-0.3, -0.25) is 0 Å². The lowest BCUT2D eigenvalue weighted by Gasteiger charge is -2.20. The largest absolute Gasteiger partial charge is 0.390 e. The average molecular weight is 200 g/mol. The molecule has 2 atom stereocenters. The smallest absolute Gasteiger partial charge is 0.0801 e. The second kappa shape index (κ2) is 6.41. The van der Waals surface area contributed by atoms with Crippen LogP contribution in [-0.4, -0.2) is 23.9 Å². The molecule has 14 heavy (non-hydrogen) atoms. The maximum atomic E-state index is 9.84. The molecule has 0 radical (unpaired) electrons. The lowest BCUT2D eigenvalue weighted by atomic mass is 10.0. The van der Waals surface area contributed by atoms with Gasteiger partial charge in [0, 0.05) is 0 Å². The molecule has 0 aromatic rings. The molecule has 0 aliphatic heterocycles. The van der Waals surface area contributed by atoms with Crippen LogP contribution in [0.1, 0.15) is 52.4 Å². The Morgan fingerprint density at radius 1 is 1.36 bits per heavy atom. The van der Waals surface area contributed by atoms with Crippen molar-refractivity contribution in [2.24, 2.45) is 5.92 Å². The van der Waals surface area contributed by atoms with E-state index in [1.165, 1.54) is 25.7 Å². The van der Waals surface area contributed by atoms with Crippen LogP contribution in [0.2, 0.25) is 0 Å². The summed E-state index contributed by atoms with van der Waals surface area (Å²) in [6.45, 7) is 4.78. The van der Waals surface area contributed by atoms with E-state index in [0.29, 0.717) is 18.6 Å². The second-order valence-corrected chi connectivity index (χ2v) is 4.54. The topological polar surface area (TPSA) is 29.5 Å². The van der Waals surface area contributed by atoms with Gasteiger partial charge in [-0.15, -0.1) is 0 Å². The van der Waals surface area contributed by atoms with Gasteiger partial charge in [0.2, 0.25) is 0 Å². The highest BCUT2D eigenvalue weighted by Crippen LogP contribution is 2.27. The Bertz CT molecular complexity index is 141. The molecular weight excluding hydrogens is 176 g/mol. The van der Waals surface area contributed by atoms with E-state index in [9.17, 15) is 5.11 Å². The summed E-state index contributed by atoms with van der Waals surface area (Å²) in [6, 6.07) is 0. The summed E-state index contributed by atoms with van der Waals surface area (Å²) in [6.07, 6.45) is 7.27. The molecule has 0 spiro atoms. The molecule has 84 valence electrons. The first-order chi connectivity index (χ1) is 6.74. The fraction of sp³-hybridized carbons (Fsp3) is 1.00. The van der Waals surface area contributed by atoms with E-state index in [1.807, 2.05) is 0 Å². The maximum absolute atomic E-state index is 9.84. The highest BCUT2D eigenvalue weighted by molar-refractivity contribution is 4.74. The van der Waals surface area contributed by atoms with Gasteiger partial charge < -0.3 is 9.84 Å². The minimum Gasteiger partial charge on any atom is -0.390 e. The van der Waals surface area contributed by atoms with Crippen molar-refractivity contribution >= 4 is 0 Å². The SMILES string of the molecule is CCCC(C)OCC(O)C1CCCC1. The lowest BCUT2D eigenvalue weighted by molar-refractivity contribution is -0.0266. The van der Waals surface area contributed by atoms with Crippen LogP contribution in [0, 0.1) is 5.92 Å². The number of rotatable bonds is 6. The van der Waals surface area contributed by atoms with Gasteiger partial charge in [0.15, 0.2) is 0 Å². The van der Waals surface area contributed by atoms with E-state index in [0.717, 1.165) is 12.8 Å². The van der Waals surface area contributed by atoms with Gasteiger partial charge in [-0.1, -0.05) is 26.2 Å². The van der Waals surface area contributed by atoms with Crippen LogP contribution in [0.15, 0.2) is 0 Å². The summed E-state index contributed by atoms with van der Waals surface area (Å²) >= 11 is 0. The van der Waals surface area contributed by atoms with Crippen LogP contribution < -0.4 is 0 Å². The maximum Gasteiger partial charge on any atom is 0.0801 e. The standard InChI is InChI=1S/C12H24O2/c1-3-6-10(2)14-9-12(13)11-7-4-5-8-11/h10-13H,3-9H2,1-2H3. The van der Waals surface area contributed by atoms with E-state index in [2.05, 4.69) is 13.8 Å². The Kier molecular flexibility index (Phi) is 5.49. The molecule has 1 saturated carbocycles. The van der Waals surface area contributed by atoms with E-state index in [1.54, 1.807) is 0 Å². The summed E-state index contributed by atoms with van der Waals surface area (Å²) in [4.78, 5) is 0. The van der Waals surface area contributed by atoms with E-state index in [-0.39, 0.29) is 6.10 Å². The van der Waals surface area contributed by atoms with Gasteiger partial charge in [0.05, 0.1) is 18.8 Å². The summed E-state index contributed by atoms with van der Waals surface area (Å²) in [7, 11) is 0. The molecule has 1 aliphatic rings. The molecule has 0 saturated heterocycles. The van der Waals surface area contributed by atoms with Crippen molar-refractivity contribution in [1.82, 2.24) is 0 Å². The summed E-state index contributed by atoms with van der Waals surface area (Å²) in [5, 5.41) is 9.84. The van der Waals surface area contributed by atoms with Crippen molar-refractivity contribution in [3.8, 4) is 0 Å². The number of aliphatic hydroxyl groups is 1. The van der Waals surface area contributed by atoms with Crippen molar-refractivity contribution < 1.29 is 9.84 Å². The first-order valence-corrected chi connectivity index (χ1v) is 6.03. The first-order valence-electron chi connectivity index (χ1n) is 6.03. The first kappa shape index (κ1) is 12.0. The Morgan fingerprint density at radius 3 is 2.57 bits per heavy atom. The fourth-order valence-electron chi connectivity index (χ4n) is 2.23. The van der Waals surface area contributed by atoms with Crippen molar-refractivity contribution in [2.75, 3.05) is 6.61 Å². The molecule has 0 aromatic heterocycles. The molecule has 0 amide bonds. The van der Waals surface area contributed by atoms with Crippen LogP contribution in [0.4, 0.5) is 0 Å². The van der Waals surface area contributed by atoms with Gasteiger partial charge in [-0.05, 0) is 32.1 Å². The van der Waals surface area contributed by atoms with Crippen LogP contribution in [0.3, 0.4) is 0 Å². The number of hydrogen-bond acceptors (Lipinski definition) is 2. The van der Waals surface area contributed by atoms with Crippen molar-refractivity contribution in [3.63, 3.8) is 0 Å². The quantitative estimate of drug-likeness (QED) is 0.714. The predicted molar refractivity (Wildman–Crippen MR) is 58.3 cm³/mol. The Balaban J connectivity index is 2.10. The normalized spacial score (nSPS) is 22.5.